The fraction of sp³-hybridized carbons (Fsp3) is 0.167. The van der Waals surface area contributed by atoms with Crippen molar-refractivity contribution in [1.29, 1.82) is 0 Å². The molecule has 3 aromatic rings. The summed E-state index contributed by atoms with van der Waals surface area (Å²) in [5.74, 6) is 1.15. The number of ether oxygens (including phenoxy) is 1. The molecule has 1 unspecified atom stereocenters. The first-order valence-electron chi connectivity index (χ1n) is 7.96. The van der Waals surface area contributed by atoms with Gasteiger partial charge in [0, 0.05) is 4.47 Å². The number of fused-ring (bicyclic) bond motifs is 1. The van der Waals surface area contributed by atoms with Gasteiger partial charge in [-0.2, -0.15) is 10.1 Å². The predicted octanol–water partition coefficient (Wildman–Crippen LogP) is 4.31. The summed E-state index contributed by atoms with van der Waals surface area (Å²) in [7, 11) is 0. The summed E-state index contributed by atoms with van der Waals surface area (Å²) in [5.41, 5.74) is 2.05. The SMILES string of the molecule is O=C1CC(c2ccc(OCc3ccc(Br)cc3)c(Br)c2)n2ncnc2N1. The van der Waals surface area contributed by atoms with E-state index < -0.39 is 0 Å². The van der Waals surface area contributed by atoms with Gasteiger partial charge in [0.1, 0.15) is 18.7 Å². The van der Waals surface area contributed by atoms with Crippen LogP contribution in [-0.4, -0.2) is 20.7 Å². The number of hydrogen-bond donors (Lipinski definition) is 1. The molecule has 1 atom stereocenters. The highest BCUT2D eigenvalue weighted by Crippen LogP contribution is 2.34. The third kappa shape index (κ3) is 3.52. The van der Waals surface area contributed by atoms with E-state index in [-0.39, 0.29) is 11.9 Å². The number of hydrogen-bond acceptors (Lipinski definition) is 4. The number of carbonyl (C=O) groups is 1. The van der Waals surface area contributed by atoms with E-state index in [9.17, 15) is 4.79 Å². The van der Waals surface area contributed by atoms with Crippen LogP contribution in [0.1, 0.15) is 23.6 Å². The molecule has 1 N–H and O–H groups in total. The second-order valence-corrected chi connectivity index (χ2v) is 7.67. The van der Waals surface area contributed by atoms with Crippen molar-refractivity contribution in [2.75, 3.05) is 5.32 Å². The Morgan fingerprint density at radius 1 is 1.19 bits per heavy atom. The highest BCUT2D eigenvalue weighted by Gasteiger charge is 2.28. The monoisotopic (exact) mass is 476 g/mol. The van der Waals surface area contributed by atoms with E-state index in [1.54, 1.807) is 4.68 Å². The van der Waals surface area contributed by atoms with Gasteiger partial charge in [-0.1, -0.05) is 34.1 Å². The summed E-state index contributed by atoms with van der Waals surface area (Å²) in [6.45, 7) is 0.476. The van der Waals surface area contributed by atoms with Gasteiger partial charge in [0.05, 0.1) is 16.9 Å². The molecule has 0 radical (unpaired) electrons. The van der Waals surface area contributed by atoms with Gasteiger partial charge in [-0.25, -0.2) is 4.68 Å². The largest absolute Gasteiger partial charge is 0.488 e. The number of carbonyl (C=O) groups excluding carboxylic acids is 1. The van der Waals surface area contributed by atoms with E-state index in [2.05, 4.69) is 47.3 Å². The van der Waals surface area contributed by atoms with E-state index in [4.69, 9.17) is 4.74 Å². The normalized spacial score (nSPS) is 16.1. The lowest BCUT2D eigenvalue weighted by Gasteiger charge is -2.24. The number of benzene rings is 2. The minimum Gasteiger partial charge on any atom is -0.488 e. The second-order valence-electron chi connectivity index (χ2n) is 5.90. The van der Waals surface area contributed by atoms with Crippen molar-refractivity contribution in [3.8, 4) is 5.75 Å². The Morgan fingerprint density at radius 3 is 2.77 bits per heavy atom. The molecule has 0 spiro atoms. The Kier molecular flexibility index (Phi) is 4.78. The Morgan fingerprint density at radius 2 is 2.00 bits per heavy atom. The van der Waals surface area contributed by atoms with Crippen molar-refractivity contribution < 1.29 is 9.53 Å². The zero-order valence-electron chi connectivity index (χ0n) is 13.5. The molecule has 0 fully saturated rings. The summed E-state index contributed by atoms with van der Waals surface area (Å²) in [6, 6.07) is 13.6. The number of halogens is 2. The van der Waals surface area contributed by atoms with Crippen LogP contribution in [-0.2, 0) is 11.4 Å². The molecule has 1 amide bonds. The van der Waals surface area contributed by atoms with Crippen molar-refractivity contribution in [2.45, 2.75) is 19.1 Å². The maximum Gasteiger partial charge on any atom is 0.229 e. The van der Waals surface area contributed by atoms with Crippen LogP contribution in [0, 0.1) is 0 Å². The average Bonchev–Trinajstić information content (AvgIpc) is 3.09. The van der Waals surface area contributed by atoms with Crippen LogP contribution in [0.15, 0.2) is 57.7 Å². The van der Waals surface area contributed by atoms with Crippen LogP contribution in [0.5, 0.6) is 5.75 Å². The summed E-state index contributed by atoms with van der Waals surface area (Å²) in [5, 5.41) is 6.94. The molecule has 2 heterocycles. The summed E-state index contributed by atoms with van der Waals surface area (Å²) >= 11 is 6.99. The van der Waals surface area contributed by atoms with Crippen molar-refractivity contribution in [1.82, 2.24) is 14.8 Å². The molecular weight excluding hydrogens is 464 g/mol. The van der Waals surface area contributed by atoms with E-state index in [1.807, 2.05) is 42.5 Å². The van der Waals surface area contributed by atoms with Crippen molar-refractivity contribution in [3.05, 3.63) is 68.9 Å². The van der Waals surface area contributed by atoms with Crippen LogP contribution in [0.3, 0.4) is 0 Å². The maximum atomic E-state index is 11.9. The molecule has 2 aromatic carbocycles. The van der Waals surface area contributed by atoms with Crippen molar-refractivity contribution in [2.24, 2.45) is 0 Å². The minimum absolute atomic E-state index is 0.0674. The predicted molar refractivity (Wildman–Crippen MR) is 104 cm³/mol. The zero-order chi connectivity index (χ0) is 18.1. The highest BCUT2D eigenvalue weighted by atomic mass is 79.9. The topological polar surface area (TPSA) is 69.0 Å². The van der Waals surface area contributed by atoms with Crippen LogP contribution in [0.2, 0.25) is 0 Å². The standard InChI is InChI=1S/C18H14Br2N4O2/c19-13-4-1-11(2-5-13)9-26-16-6-3-12(7-14(16)20)15-8-17(25)23-18-21-10-22-24(15)18/h1-7,10,15H,8-9H2,(H,21,22,23,25). The van der Waals surface area contributed by atoms with Crippen LogP contribution in [0.25, 0.3) is 0 Å². The maximum absolute atomic E-state index is 11.9. The number of rotatable bonds is 4. The molecule has 6 nitrogen and oxygen atoms in total. The van der Waals surface area contributed by atoms with Gasteiger partial charge < -0.3 is 4.74 Å². The third-order valence-corrected chi connectivity index (χ3v) is 5.29. The Balaban J connectivity index is 1.53. The lowest BCUT2D eigenvalue weighted by atomic mass is 10.0. The van der Waals surface area contributed by atoms with Gasteiger partial charge in [0.2, 0.25) is 11.9 Å². The first-order chi connectivity index (χ1) is 12.6. The lowest BCUT2D eigenvalue weighted by molar-refractivity contribution is -0.117. The van der Waals surface area contributed by atoms with Crippen LogP contribution < -0.4 is 10.1 Å². The fourth-order valence-corrected chi connectivity index (χ4v) is 3.62. The first kappa shape index (κ1) is 17.2. The van der Waals surface area contributed by atoms with E-state index in [1.165, 1.54) is 6.33 Å². The van der Waals surface area contributed by atoms with Crippen LogP contribution in [0.4, 0.5) is 5.95 Å². The molecule has 0 aliphatic carbocycles. The van der Waals surface area contributed by atoms with Crippen LogP contribution >= 0.6 is 31.9 Å². The quantitative estimate of drug-likeness (QED) is 0.607. The van der Waals surface area contributed by atoms with Gasteiger partial charge >= 0.3 is 0 Å². The Hall–Kier alpha value is -2.19. The molecule has 1 aromatic heterocycles. The molecule has 26 heavy (non-hydrogen) atoms. The number of amides is 1. The zero-order valence-corrected chi connectivity index (χ0v) is 16.7. The molecule has 132 valence electrons. The van der Waals surface area contributed by atoms with Gasteiger partial charge in [-0.15, -0.1) is 0 Å². The van der Waals surface area contributed by atoms with Crippen molar-refractivity contribution >= 4 is 43.7 Å². The Bertz CT molecular complexity index is 956. The highest BCUT2D eigenvalue weighted by molar-refractivity contribution is 9.10. The van der Waals surface area contributed by atoms with Gasteiger partial charge in [0.15, 0.2) is 0 Å². The number of anilines is 1. The van der Waals surface area contributed by atoms with E-state index in [0.29, 0.717) is 19.0 Å². The number of nitrogens with zero attached hydrogens (tertiary/aromatic N) is 3. The molecule has 0 bridgehead atoms. The number of nitrogens with one attached hydrogen (secondary N) is 1. The van der Waals surface area contributed by atoms with Gasteiger partial charge in [-0.3, -0.25) is 10.1 Å². The molecule has 0 saturated heterocycles. The summed E-state index contributed by atoms with van der Waals surface area (Å²) < 4.78 is 9.50. The molecular formula is C18H14Br2N4O2. The Labute approximate surface area is 166 Å². The molecule has 8 heteroatoms. The smallest absolute Gasteiger partial charge is 0.229 e. The summed E-state index contributed by atoms with van der Waals surface area (Å²) in [6.07, 6.45) is 1.76. The van der Waals surface area contributed by atoms with E-state index >= 15 is 0 Å². The molecule has 1 aliphatic rings. The lowest BCUT2D eigenvalue weighted by Crippen LogP contribution is -2.29. The molecule has 4 rings (SSSR count). The van der Waals surface area contributed by atoms with E-state index in [0.717, 1.165) is 25.8 Å². The fourth-order valence-electron chi connectivity index (χ4n) is 2.85. The molecule has 0 saturated carbocycles. The second kappa shape index (κ2) is 7.20. The van der Waals surface area contributed by atoms with Gasteiger partial charge in [0.25, 0.3) is 0 Å². The summed E-state index contributed by atoms with van der Waals surface area (Å²) in [4.78, 5) is 16.0. The first-order valence-corrected chi connectivity index (χ1v) is 9.55. The van der Waals surface area contributed by atoms with Crippen molar-refractivity contribution in [3.63, 3.8) is 0 Å². The average molecular weight is 478 g/mol. The van der Waals surface area contributed by atoms with Gasteiger partial charge in [-0.05, 0) is 51.3 Å². The minimum atomic E-state index is -0.182. The molecule has 1 aliphatic heterocycles. The third-order valence-electron chi connectivity index (χ3n) is 4.15. The number of aromatic nitrogens is 3.